The van der Waals surface area contributed by atoms with Gasteiger partial charge in [-0.3, -0.25) is 0 Å². The third-order valence-corrected chi connectivity index (χ3v) is 12.7. The molecule has 4 rings (SSSR count). The second-order valence-corrected chi connectivity index (χ2v) is 14.4. The van der Waals surface area contributed by atoms with Gasteiger partial charge in [-0.05, 0) is 128 Å². The predicted octanol–water partition coefficient (Wildman–Crippen LogP) is 6.33. The molecule has 0 aromatic heterocycles. The number of nitrogens with two attached hydrogens (primary N) is 1. The van der Waals surface area contributed by atoms with E-state index in [9.17, 15) is 10.2 Å². The standard InChI is InChI=1S/C30H53NO2/c1-20(2)21-11-13-29(7)23(27(21,5)12-8-18-31)10-9-22-24-25(33)26(3,4)14-16-30(24,19-32)17-15-28(22,29)6/h21-25,32-33H,1,8-19,31H2,2-7H3/t21-,22+,23+,24+,25+,27-,28+,29+,30+/m0/s1. The van der Waals surface area contributed by atoms with Gasteiger partial charge in [0.1, 0.15) is 0 Å². The van der Waals surface area contributed by atoms with Crippen LogP contribution in [-0.4, -0.2) is 29.5 Å². The lowest BCUT2D eigenvalue weighted by molar-refractivity contribution is -0.256. The number of aliphatic hydroxyl groups is 2. The summed E-state index contributed by atoms with van der Waals surface area (Å²) < 4.78 is 0. The van der Waals surface area contributed by atoms with E-state index in [4.69, 9.17) is 5.73 Å². The zero-order chi connectivity index (χ0) is 24.4. The average molecular weight is 460 g/mol. The van der Waals surface area contributed by atoms with Gasteiger partial charge in [0.15, 0.2) is 0 Å². The SMILES string of the molecule is C=C(C)[C@@H]1CC[C@]2(C)[C@H](CC[C@@H]3[C@@H]4[C@@H](O)C(C)(C)CC[C@]4(CO)CC[C@]32C)[C@@]1(C)CCCN. The Labute approximate surface area is 204 Å². The molecule has 3 nitrogen and oxygen atoms in total. The van der Waals surface area contributed by atoms with Crippen LogP contribution in [0.15, 0.2) is 12.2 Å². The molecule has 33 heavy (non-hydrogen) atoms. The smallest absolute Gasteiger partial charge is 0.0628 e. The first-order valence-corrected chi connectivity index (χ1v) is 14.0. The number of fused-ring (bicyclic) bond motifs is 5. The zero-order valence-corrected chi connectivity index (χ0v) is 22.6. The first-order valence-electron chi connectivity index (χ1n) is 14.0. The highest BCUT2D eigenvalue weighted by atomic mass is 16.3. The third kappa shape index (κ3) is 3.45. The van der Waals surface area contributed by atoms with Crippen LogP contribution in [0.1, 0.15) is 106 Å². The van der Waals surface area contributed by atoms with Gasteiger partial charge in [0, 0.05) is 6.61 Å². The maximum absolute atomic E-state index is 11.8. The molecule has 4 saturated carbocycles. The topological polar surface area (TPSA) is 66.5 Å². The molecular weight excluding hydrogens is 406 g/mol. The van der Waals surface area contributed by atoms with Crippen LogP contribution in [-0.2, 0) is 0 Å². The number of aliphatic hydroxyl groups excluding tert-OH is 2. The van der Waals surface area contributed by atoms with Gasteiger partial charge in [-0.2, -0.15) is 0 Å². The summed E-state index contributed by atoms with van der Waals surface area (Å²) in [7, 11) is 0. The molecule has 190 valence electrons. The van der Waals surface area contributed by atoms with Gasteiger partial charge < -0.3 is 15.9 Å². The Balaban J connectivity index is 1.76. The molecule has 4 aliphatic carbocycles. The van der Waals surface area contributed by atoms with Crippen LogP contribution in [0.3, 0.4) is 0 Å². The fourth-order valence-electron chi connectivity index (χ4n) is 10.4. The number of hydrogen-bond acceptors (Lipinski definition) is 3. The number of allylic oxidation sites excluding steroid dienone is 1. The van der Waals surface area contributed by atoms with Crippen molar-refractivity contribution in [2.45, 2.75) is 112 Å². The molecule has 0 aromatic carbocycles. The van der Waals surface area contributed by atoms with Crippen LogP contribution < -0.4 is 5.73 Å². The zero-order valence-electron chi connectivity index (χ0n) is 22.6. The first kappa shape index (κ1) is 25.7. The summed E-state index contributed by atoms with van der Waals surface area (Å²) in [6, 6.07) is 0. The Morgan fingerprint density at radius 1 is 0.939 bits per heavy atom. The van der Waals surface area contributed by atoms with E-state index in [-0.39, 0.29) is 45.7 Å². The normalized spacial score (nSPS) is 51.2. The minimum Gasteiger partial charge on any atom is -0.396 e. The molecule has 4 fully saturated rings. The molecule has 4 aliphatic rings. The van der Waals surface area contributed by atoms with Crippen molar-refractivity contribution in [1.82, 2.24) is 0 Å². The predicted molar refractivity (Wildman–Crippen MR) is 138 cm³/mol. The van der Waals surface area contributed by atoms with Crippen LogP contribution in [0.4, 0.5) is 0 Å². The van der Waals surface area contributed by atoms with Gasteiger partial charge in [-0.15, -0.1) is 0 Å². The van der Waals surface area contributed by atoms with E-state index in [1.54, 1.807) is 0 Å². The van der Waals surface area contributed by atoms with Gasteiger partial charge in [0.25, 0.3) is 0 Å². The molecule has 3 heteroatoms. The van der Waals surface area contributed by atoms with E-state index < -0.39 is 0 Å². The summed E-state index contributed by atoms with van der Waals surface area (Å²) in [5, 5.41) is 22.4. The Bertz CT molecular complexity index is 762. The highest BCUT2D eigenvalue weighted by molar-refractivity contribution is 5.20. The molecular formula is C30H53NO2. The van der Waals surface area contributed by atoms with Gasteiger partial charge in [-0.25, -0.2) is 0 Å². The Morgan fingerprint density at radius 2 is 1.61 bits per heavy atom. The maximum atomic E-state index is 11.8. The second-order valence-electron chi connectivity index (χ2n) is 14.4. The Kier molecular flexibility index (Phi) is 6.50. The summed E-state index contributed by atoms with van der Waals surface area (Å²) in [6.45, 7) is 20.0. The summed E-state index contributed by atoms with van der Waals surface area (Å²) >= 11 is 0. The van der Waals surface area contributed by atoms with Crippen LogP contribution in [0.25, 0.3) is 0 Å². The summed E-state index contributed by atoms with van der Waals surface area (Å²) in [6.07, 6.45) is 11.2. The summed E-state index contributed by atoms with van der Waals surface area (Å²) in [5.41, 5.74) is 7.96. The van der Waals surface area contributed by atoms with Crippen LogP contribution in [0, 0.1) is 50.7 Å². The largest absolute Gasteiger partial charge is 0.396 e. The van der Waals surface area contributed by atoms with E-state index in [0.717, 1.165) is 32.2 Å². The molecule has 0 heterocycles. The van der Waals surface area contributed by atoms with E-state index >= 15 is 0 Å². The van der Waals surface area contributed by atoms with E-state index in [2.05, 4.69) is 48.1 Å². The fourth-order valence-corrected chi connectivity index (χ4v) is 10.4. The lowest BCUT2D eigenvalue weighted by Crippen LogP contribution is -2.67. The monoisotopic (exact) mass is 459 g/mol. The molecule has 9 atom stereocenters. The highest BCUT2D eigenvalue weighted by Crippen LogP contribution is 2.75. The molecule has 0 bridgehead atoms. The Morgan fingerprint density at radius 3 is 2.21 bits per heavy atom. The Hall–Kier alpha value is -0.380. The number of hydrogen-bond donors (Lipinski definition) is 3. The van der Waals surface area contributed by atoms with Crippen LogP contribution >= 0.6 is 0 Å². The molecule has 0 amide bonds. The maximum Gasteiger partial charge on any atom is 0.0628 e. The van der Waals surface area contributed by atoms with Crippen LogP contribution in [0.2, 0.25) is 0 Å². The van der Waals surface area contributed by atoms with Crippen molar-refractivity contribution in [2.75, 3.05) is 13.2 Å². The molecule has 0 unspecified atom stereocenters. The van der Waals surface area contributed by atoms with Crippen molar-refractivity contribution in [3.63, 3.8) is 0 Å². The van der Waals surface area contributed by atoms with Crippen molar-refractivity contribution >= 4 is 0 Å². The molecule has 0 aromatic rings. The van der Waals surface area contributed by atoms with Crippen molar-refractivity contribution in [3.05, 3.63) is 12.2 Å². The molecule has 0 aliphatic heterocycles. The first-order chi connectivity index (χ1) is 15.3. The minimum atomic E-state index is -0.321. The summed E-state index contributed by atoms with van der Waals surface area (Å²) in [5.74, 6) is 1.97. The lowest BCUT2D eigenvalue weighted by atomic mass is 9.32. The molecule has 0 spiro atoms. The van der Waals surface area contributed by atoms with E-state index in [1.165, 1.54) is 44.1 Å². The van der Waals surface area contributed by atoms with Gasteiger partial charge >= 0.3 is 0 Å². The summed E-state index contributed by atoms with van der Waals surface area (Å²) in [4.78, 5) is 0. The van der Waals surface area contributed by atoms with Crippen LogP contribution in [0.5, 0.6) is 0 Å². The molecule has 0 radical (unpaired) electrons. The lowest BCUT2D eigenvalue weighted by Gasteiger charge is -2.72. The van der Waals surface area contributed by atoms with Gasteiger partial charge in [0.2, 0.25) is 0 Å². The molecule has 4 N–H and O–H groups in total. The quantitative estimate of drug-likeness (QED) is 0.421. The van der Waals surface area contributed by atoms with Gasteiger partial charge in [0.05, 0.1) is 6.10 Å². The van der Waals surface area contributed by atoms with E-state index in [0.29, 0.717) is 17.8 Å². The highest BCUT2D eigenvalue weighted by Gasteiger charge is 2.69. The van der Waals surface area contributed by atoms with Crippen molar-refractivity contribution < 1.29 is 10.2 Å². The number of rotatable bonds is 5. The third-order valence-electron chi connectivity index (χ3n) is 12.7. The average Bonchev–Trinajstić information content (AvgIpc) is 2.75. The van der Waals surface area contributed by atoms with Crippen molar-refractivity contribution in [3.8, 4) is 0 Å². The second kappa shape index (κ2) is 8.34. The van der Waals surface area contributed by atoms with Crippen molar-refractivity contribution in [1.29, 1.82) is 0 Å². The van der Waals surface area contributed by atoms with Crippen molar-refractivity contribution in [2.24, 2.45) is 56.5 Å². The van der Waals surface area contributed by atoms with E-state index in [1.807, 2.05) is 0 Å². The fraction of sp³-hybridized carbons (Fsp3) is 0.933. The minimum absolute atomic E-state index is 0.0629. The van der Waals surface area contributed by atoms with Gasteiger partial charge in [-0.1, -0.05) is 46.8 Å². The molecule has 0 saturated heterocycles.